The Bertz CT molecular complexity index is 905. The number of carbonyl (C=O) groups excluding carboxylic acids is 2. The SMILES string of the molecule is C=CCN(C(=O)C1N([C@@H](CO)[C@@H](C)CC)C(=O)[C@@H]2[C@@H](C(=O)O)[C@@H]3SC12CC3Br)C(C)(C)CC(C)(C)C. The number of likely N-dealkylation sites (tertiary alicyclic amines) is 1. The van der Waals surface area contributed by atoms with Gasteiger partial charge in [0.25, 0.3) is 0 Å². The average Bonchev–Trinajstić information content (AvgIpc) is 3.34. The fourth-order valence-electron chi connectivity index (χ4n) is 7.11. The molecule has 1 spiro atoms. The largest absolute Gasteiger partial charge is 0.481 e. The summed E-state index contributed by atoms with van der Waals surface area (Å²) in [5.74, 6) is -3.19. The number of carboxylic acid groups (broad SMARTS) is 1. The van der Waals surface area contributed by atoms with Crippen LogP contribution >= 0.6 is 27.7 Å². The first-order chi connectivity index (χ1) is 16.6. The Labute approximate surface area is 228 Å². The first-order valence-corrected chi connectivity index (χ1v) is 14.8. The molecule has 3 fully saturated rings. The third-order valence-corrected chi connectivity index (χ3v) is 11.6. The van der Waals surface area contributed by atoms with Crippen LogP contribution in [0, 0.1) is 23.2 Å². The molecule has 9 heteroatoms. The van der Waals surface area contributed by atoms with E-state index in [9.17, 15) is 24.6 Å². The number of hydrogen-bond acceptors (Lipinski definition) is 5. The predicted molar refractivity (Wildman–Crippen MR) is 147 cm³/mol. The van der Waals surface area contributed by atoms with Crippen LogP contribution in [0.2, 0.25) is 0 Å². The van der Waals surface area contributed by atoms with Gasteiger partial charge in [0.05, 0.1) is 29.2 Å². The molecule has 3 unspecified atom stereocenters. The van der Waals surface area contributed by atoms with Gasteiger partial charge in [-0.15, -0.1) is 18.3 Å². The zero-order chi connectivity index (χ0) is 27.4. The topological polar surface area (TPSA) is 98.2 Å². The molecule has 0 radical (unpaired) electrons. The third kappa shape index (κ3) is 4.77. The summed E-state index contributed by atoms with van der Waals surface area (Å²) in [6, 6.07) is -1.41. The molecule has 36 heavy (non-hydrogen) atoms. The Kier molecular flexibility index (Phi) is 8.40. The highest BCUT2D eigenvalue weighted by Crippen LogP contribution is 2.68. The summed E-state index contributed by atoms with van der Waals surface area (Å²) in [7, 11) is 0. The number of thioether (sulfide) groups is 1. The van der Waals surface area contributed by atoms with Crippen LogP contribution in [0.3, 0.4) is 0 Å². The molecule has 7 nitrogen and oxygen atoms in total. The van der Waals surface area contributed by atoms with Crippen LogP contribution < -0.4 is 0 Å². The normalized spacial score (nSPS) is 33.4. The Morgan fingerprint density at radius 2 is 1.94 bits per heavy atom. The number of hydrogen-bond donors (Lipinski definition) is 2. The molecule has 204 valence electrons. The Balaban J connectivity index is 2.19. The molecular formula is C27H43BrN2O5S. The van der Waals surface area contributed by atoms with E-state index in [0.29, 0.717) is 13.0 Å². The lowest BCUT2D eigenvalue weighted by atomic mass is 9.70. The number of aliphatic carboxylic acids is 1. The van der Waals surface area contributed by atoms with Gasteiger partial charge in [0.2, 0.25) is 11.8 Å². The summed E-state index contributed by atoms with van der Waals surface area (Å²) < 4.78 is -0.853. The summed E-state index contributed by atoms with van der Waals surface area (Å²) in [4.78, 5) is 44.5. The lowest BCUT2D eigenvalue weighted by Crippen LogP contribution is -2.62. The minimum atomic E-state index is -0.995. The number of carboxylic acids is 1. The van der Waals surface area contributed by atoms with Crippen molar-refractivity contribution in [3.8, 4) is 0 Å². The molecule has 2 N–H and O–H groups in total. The van der Waals surface area contributed by atoms with Gasteiger partial charge in [-0.05, 0) is 38.0 Å². The third-order valence-electron chi connectivity index (χ3n) is 8.36. The molecular weight excluding hydrogens is 544 g/mol. The van der Waals surface area contributed by atoms with Crippen LogP contribution in [-0.4, -0.2) is 83.4 Å². The Morgan fingerprint density at radius 1 is 1.33 bits per heavy atom. The van der Waals surface area contributed by atoms with E-state index in [1.165, 1.54) is 11.8 Å². The number of alkyl halides is 1. The summed E-state index contributed by atoms with van der Waals surface area (Å²) in [6.07, 6.45) is 3.71. The van der Waals surface area contributed by atoms with Crippen molar-refractivity contribution in [1.29, 1.82) is 0 Å². The van der Waals surface area contributed by atoms with Crippen LogP contribution in [0.4, 0.5) is 0 Å². The molecule has 3 heterocycles. The van der Waals surface area contributed by atoms with Crippen molar-refractivity contribution in [2.45, 2.75) is 100 Å². The highest BCUT2D eigenvalue weighted by atomic mass is 79.9. The quantitative estimate of drug-likeness (QED) is 0.294. The molecule has 2 amide bonds. The highest BCUT2D eigenvalue weighted by molar-refractivity contribution is 9.09. The van der Waals surface area contributed by atoms with Gasteiger partial charge in [-0.1, -0.05) is 63.0 Å². The number of amides is 2. The summed E-state index contributed by atoms with van der Waals surface area (Å²) in [6.45, 7) is 18.4. The standard InChI is InChI=1S/C27H43BrN2O5S/c1-9-11-29(26(7,8)14-25(4,5)6)23(33)21-27-12-16(28)20(36-27)18(24(34)35)19(27)22(32)30(21)17(13-31)15(3)10-2/h9,15-21,31H,1,10-14H2,2-8H3,(H,34,35)/t15-,16?,17-,18+,19-,20+,21?,27?/m0/s1. The first kappa shape index (κ1) is 29.5. The summed E-state index contributed by atoms with van der Waals surface area (Å²) >= 11 is 5.19. The maximum Gasteiger partial charge on any atom is 0.308 e. The van der Waals surface area contributed by atoms with Gasteiger partial charge in [0.1, 0.15) is 6.04 Å². The highest BCUT2D eigenvalue weighted by Gasteiger charge is 2.76. The van der Waals surface area contributed by atoms with Gasteiger partial charge in [0, 0.05) is 22.2 Å². The maximum atomic E-state index is 14.7. The van der Waals surface area contributed by atoms with E-state index in [1.807, 2.05) is 32.6 Å². The van der Waals surface area contributed by atoms with Crippen molar-refractivity contribution in [2.75, 3.05) is 13.2 Å². The van der Waals surface area contributed by atoms with Crippen molar-refractivity contribution in [1.82, 2.24) is 9.80 Å². The van der Waals surface area contributed by atoms with Crippen molar-refractivity contribution in [3.05, 3.63) is 12.7 Å². The molecule has 2 bridgehead atoms. The van der Waals surface area contributed by atoms with Crippen molar-refractivity contribution in [3.63, 3.8) is 0 Å². The number of carbonyl (C=O) groups is 3. The number of aliphatic hydroxyl groups is 1. The van der Waals surface area contributed by atoms with Crippen molar-refractivity contribution < 1.29 is 24.6 Å². The van der Waals surface area contributed by atoms with E-state index in [-0.39, 0.29) is 39.8 Å². The minimum absolute atomic E-state index is 0.0461. The molecule has 8 atom stereocenters. The van der Waals surface area contributed by atoms with Gasteiger partial charge in [0.15, 0.2) is 0 Å². The number of rotatable bonds is 10. The van der Waals surface area contributed by atoms with Gasteiger partial charge in [-0.2, -0.15) is 0 Å². The lowest BCUT2D eigenvalue weighted by molar-refractivity contribution is -0.151. The molecule has 3 saturated heterocycles. The lowest BCUT2D eigenvalue weighted by Gasteiger charge is -2.47. The van der Waals surface area contributed by atoms with Gasteiger partial charge in [-0.3, -0.25) is 14.4 Å². The molecule has 3 aliphatic heterocycles. The second kappa shape index (κ2) is 10.3. The van der Waals surface area contributed by atoms with E-state index < -0.39 is 40.2 Å². The van der Waals surface area contributed by atoms with E-state index >= 15 is 0 Å². The molecule has 3 aliphatic rings. The molecule has 0 aromatic carbocycles. The van der Waals surface area contributed by atoms with Crippen molar-refractivity contribution >= 4 is 45.5 Å². The fraction of sp³-hybridized carbons (Fsp3) is 0.815. The smallest absolute Gasteiger partial charge is 0.308 e. The molecule has 3 rings (SSSR count). The second-order valence-electron chi connectivity index (χ2n) is 12.7. The van der Waals surface area contributed by atoms with Gasteiger partial charge >= 0.3 is 5.97 Å². The summed E-state index contributed by atoms with van der Waals surface area (Å²) in [5, 5.41) is 20.3. The van der Waals surface area contributed by atoms with E-state index in [1.54, 1.807) is 11.0 Å². The van der Waals surface area contributed by atoms with E-state index in [2.05, 4.69) is 43.3 Å². The predicted octanol–water partition coefficient (Wildman–Crippen LogP) is 4.17. The van der Waals surface area contributed by atoms with Gasteiger partial charge in [-0.25, -0.2) is 0 Å². The van der Waals surface area contributed by atoms with E-state index in [4.69, 9.17) is 0 Å². The number of nitrogens with zero attached hydrogens (tertiary/aromatic N) is 2. The van der Waals surface area contributed by atoms with Crippen LogP contribution in [0.25, 0.3) is 0 Å². The summed E-state index contributed by atoms with van der Waals surface area (Å²) in [5.41, 5.74) is -0.575. The zero-order valence-corrected chi connectivity index (χ0v) is 25.1. The van der Waals surface area contributed by atoms with Crippen LogP contribution in [-0.2, 0) is 14.4 Å². The minimum Gasteiger partial charge on any atom is -0.481 e. The zero-order valence-electron chi connectivity index (χ0n) is 22.7. The number of fused-ring (bicyclic) bond motifs is 1. The maximum absolute atomic E-state index is 14.7. The van der Waals surface area contributed by atoms with E-state index in [0.717, 1.165) is 12.8 Å². The average molecular weight is 588 g/mol. The first-order valence-electron chi connectivity index (χ1n) is 13.0. The fourth-order valence-corrected chi connectivity index (χ4v) is 10.7. The monoisotopic (exact) mass is 586 g/mol. The van der Waals surface area contributed by atoms with Crippen molar-refractivity contribution in [2.24, 2.45) is 23.2 Å². The number of aliphatic hydroxyl groups excluding tert-OH is 1. The van der Waals surface area contributed by atoms with Gasteiger partial charge < -0.3 is 20.0 Å². The number of halogens is 1. The van der Waals surface area contributed by atoms with Crippen LogP contribution in [0.5, 0.6) is 0 Å². The van der Waals surface area contributed by atoms with Crippen LogP contribution in [0.1, 0.15) is 67.7 Å². The molecule has 0 aromatic heterocycles. The Morgan fingerprint density at radius 3 is 2.42 bits per heavy atom. The molecule has 0 aliphatic carbocycles. The molecule has 0 saturated carbocycles. The second-order valence-corrected chi connectivity index (χ2v) is 15.4. The van der Waals surface area contributed by atoms with Crippen LogP contribution in [0.15, 0.2) is 12.7 Å². The molecule has 0 aromatic rings. The Hall–Kier alpha value is -1.06.